The molecule has 0 saturated heterocycles. The predicted molar refractivity (Wildman–Crippen MR) is 507 cm³/mol. The molecule has 5 amide bonds. The highest BCUT2D eigenvalue weighted by molar-refractivity contribution is 7.11. The Morgan fingerprint density at radius 2 is 0.954 bits per heavy atom. The number of para-hydroxylation sites is 1. The molecule has 7 aromatic heterocycles. The number of hydrogen-bond donors (Lipinski definition) is 5. The highest BCUT2D eigenvalue weighted by Gasteiger charge is 2.52. The molecule has 0 fully saturated rings. The van der Waals surface area contributed by atoms with Crippen LogP contribution in [-0.4, -0.2) is 140 Å². The molecule has 4 aliphatic heterocycles. The van der Waals surface area contributed by atoms with Crippen molar-refractivity contribution in [3.8, 4) is 74.2 Å². The summed E-state index contributed by atoms with van der Waals surface area (Å²) in [6.07, 6.45) is 8.34. The van der Waals surface area contributed by atoms with Crippen LogP contribution >= 0.6 is 45.6 Å². The third-order valence-electron chi connectivity index (χ3n) is 23.0. The minimum atomic E-state index is -1.07. The molecule has 0 aliphatic carbocycles. The van der Waals surface area contributed by atoms with Gasteiger partial charge in [-0.05, 0) is 229 Å². The van der Waals surface area contributed by atoms with E-state index in [-0.39, 0.29) is 70.9 Å². The Morgan fingerprint density at radius 3 is 1.42 bits per heavy atom. The fraction of sp³-hybridized carbons (Fsp3) is 0.235. The average molecular weight is 1810 g/mol. The molecule has 28 nitrogen and oxygen atoms in total. The fourth-order valence-corrected chi connectivity index (χ4v) is 19.2. The molecule has 0 bridgehead atoms. The number of carbonyl (C=O) groups excluding carboxylic acids is 5. The first-order chi connectivity index (χ1) is 62.2. The number of nitrogens with two attached hydrogens (primary N) is 4. The molecule has 0 radical (unpaired) electrons. The summed E-state index contributed by atoms with van der Waals surface area (Å²) in [5.74, 6) is -0.267. The molecule has 130 heavy (non-hydrogen) atoms. The number of aromatic nitrogens is 4. The van der Waals surface area contributed by atoms with Crippen LogP contribution in [0.15, 0.2) is 260 Å². The van der Waals surface area contributed by atoms with E-state index in [0.717, 1.165) is 97.9 Å². The highest BCUT2D eigenvalue weighted by atomic mass is 35.5. The van der Waals surface area contributed by atoms with Crippen LogP contribution in [0.5, 0.6) is 17.5 Å². The molecule has 6 aromatic carbocycles. The summed E-state index contributed by atoms with van der Waals surface area (Å²) in [5, 5.41) is 28.6. The number of rotatable bonds is 19. The van der Waals surface area contributed by atoms with Gasteiger partial charge in [0, 0.05) is 97.2 Å². The van der Waals surface area contributed by atoms with Crippen molar-refractivity contribution in [2.75, 3.05) is 35.3 Å². The zero-order valence-corrected chi connectivity index (χ0v) is 76.7. The summed E-state index contributed by atoms with van der Waals surface area (Å²) >= 11 is 10.4. The van der Waals surface area contributed by atoms with E-state index in [2.05, 4.69) is 42.4 Å². The molecule has 11 heterocycles. The number of thiophene rings is 3. The number of amides is 5. The largest absolute Gasteiger partial charge is 0.496 e. The van der Waals surface area contributed by atoms with Gasteiger partial charge >= 0.3 is 0 Å². The van der Waals surface area contributed by atoms with Gasteiger partial charge in [0.15, 0.2) is 29.4 Å². The molecule has 9 N–H and O–H groups in total. The van der Waals surface area contributed by atoms with Crippen molar-refractivity contribution in [1.29, 1.82) is 10.5 Å². The van der Waals surface area contributed by atoms with Gasteiger partial charge in [0.2, 0.25) is 34.8 Å². The number of hydrogen-bond acceptors (Lipinski definition) is 26. The molecule has 4 aliphatic rings. The van der Waals surface area contributed by atoms with Crippen molar-refractivity contribution >= 4 is 110 Å². The molecular weight excluding hydrogens is 1720 g/mol. The van der Waals surface area contributed by atoms with E-state index in [1.165, 1.54) is 53.6 Å². The number of aliphatic imine (C=N–C) groups is 4. The molecule has 2 unspecified atom stereocenters. The number of fused-ring (bicyclic) bond motifs is 1. The van der Waals surface area contributed by atoms with Crippen LogP contribution < -0.4 is 42.5 Å². The number of halogens is 1. The lowest BCUT2D eigenvalue weighted by Gasteiger charge is -2.40. The van der Waals surface area contributed by atoms with E-state index < -0.39 is 39.9 Å². The van der Waals surface area contributed by atoms with Gasteiger partial charge < -0.3 is 46.9 Å². The Bertz CT molecular complexity index is 6500. The number of furan rings is 1. The van der Waals surface area contributed by atoms with E-state index >= 15 is 0 Å². The number of methoxy groups -OCH3 is 1. The standard InChI is InChI=1S/C26H26N4O3.2C25H25N5O2S.C22H18ClN5O2S/c1-26(24(32)30(2)25(27)29-26)19-11-8-10-17(15-19)20-12-5-4-9-18(20)16-28-23(31)21-13-6-7-14-22(21)33-3;2*1-15(2)32-21-9-8-18(13-28-21)22-23(31)30(4)24(27)29-25(22,3)20-11-19(14-33-20)17-7-5-6-16(10-17)12-26;1-22(17-8-14(11-31-17)15-9-25-20(23)26-10-15)18(19(29)28(2)21(24)27-22)13-3-4-16-12(7-13)5-6-30-16/h4-15H,16H2,1-3H3,(H2,27,29)(H,28,31);2*5-11,13-15,22H,1-4H3,(H2,27,29);3-11,18H,1-2H3,(H2,24,27)/t;22-,25+;22-,25-;18?,22-/m.011/s1. The van der Waals surface area contributed by atoms with E-state index in [0.29, 0.717) is 40.7 Å². The van der Waals surface area contributed by atoms with Crippen LogP contribution in [0.2, 0.25) is 5.28 Å². The summed E-state index contributed by atoms with van der Waals surface area (Å²) in [6.45, 7) is 15.6. The summed E-state index contributed by atoms with van der Waals surface area (Å²) in [6, 6.07) is 62.9. The smallest absolute Gasteiger partial charge is 0.261 e. The SMILES string of the molecule is CC(C)Oc1ccc([C@@H]2C(=O)N(C)C(N)=N[C@]2(C)c2cc(-c3cccc(C#N)c3)cs2)cn1.CC(C)Oc1ccc([C@H]2C(=O)N(C)C(N)=N[C@]2(C)c2cc(-c3cccc(C#N)c3)cs2)cn1.CN1C(=O)C(c2ccc3occc3c2)[C@@](C)(c2cc(-c3cnc(Cl)nc3)cs2)N=C1N.COc1ccccc1C(=O)NCc1ccccc1-c1cccc(C2(C)N=C(N)N(C)C2=O)c1. The monoisotopic (exact) mass is 1810 g/mol. The zero-order chi connectivity index (χ0) is 92.8. The summed E-state index contributed by atoms with van der Waals surface area (Å²) in [4.78, 5) is 110. The van der Waals surface area contributed by atoms with Crippen LogP contribution in [0.25, 0.3) is 55.5 Å². The maximum atomic E-state index is 13.4. The molecule has 0 saturated carbocycles. The molecule has 7 atom stereocenters. The third-order valence-corrected chi connectivity index (χ3v) is 26.7. The minimum Gasteiger partial charge on any atom is -0.496 e. The number of carbonyl (C=O) groups is 5. The zero-order valence-electron chi connectivity index (χ0n) is 73.5. The minimum absolute atomic E-state index is 0.00420. The number of nitrogens with zero attached hydrogens (tertiary/aromatic N) is 14. The Morgan fingerprint density at radius 1 is 0.500 bits per heavy atom. The Kier molecular flexibility index (Phi) is 26.8. The molecule has 32 heteroatoms. The number of nitriles is 2. The first-order valence-electron chi connectivity index (χ1n) is 41.3. The third kappa shape index (κ3) is 18.7. The van der Waals surface area contributed by atoms with Gasteiger partial charge in [0.05, 0.1) is 72.2 Å². The van der Waals surface area contributed by atoms with Crippen LogP contribution in [0, 0.1) is 22.7 Å². The topological polar surface area (TPSA) is 404 Å². The van der Waals surface area contributed by atoms with E-state index in [1.807, 2.05) is 210 Å². The van der Waals surface area contributed by atoms with Crippen molar-refractivity contribution in [2.24, 2.45) is 42.9 Å². The average Bonchev–Trinajstić information content (AvgIpc) is 1.24. The second-order valence-electron chi connectivity index (χ2n) is 32.5. The summed E-state index contributed by atoms with van der Waals surface area (Å²) in [7, 11) is 8.07. The lowest BCUT2D eigenvalue weighted by molar-refractivity contribution is -0.131. The number of pyridine rings is 2. The number of ether oxygens (including phenoxy) is 3. The Hall–Kier alpha value is -14.8. The van der Waals surface area contributed by atoms with Crippen molar-refractivity contribution in [3.63, 3.8) is 0 Å². The summed E-state index contributed by atoms with van der Waals surface area (Å²) < 4.78 is 22.1. The van der Waals surface area contributed by atoms with Crippen molar-refractivity contribution in [1.82, 2.24) is 44.9 Å². The van der Waals surface area contributed by atoms with Crippen LogP contribution in [0.1, 0.15) is 137 Å². The van der Waals surface area contributed by atoms with Gasteiger partial charge in [-0.2, -0.15) is 10.5 Å². The number of guanidine groups is 4. The maximum Gasteiger partial charge on any atom is 0.261 e. The maximum absolute atomic E-state index is 13.4. The van der Waals surface area contributed by atoms with Gasteiger partial charge in [-0.3, -0.25) is 43.6 Å². The van der Waals surface area contributed by atoms with Gasteiger partial charge in [-0.15, -0.1) is 34.0 Å². The predicted octanol–water partition coefficient (Wildman–Crippen LogP) is 16.2. The molecular formula is C98H94ClN19O9S3. The molecule has 17 rings (SSSR count). The Balaban J connectivity index is 0.000000140. The number of benzene rings is 6. The van der Waals surface area contributed by atoms with E-state index in [4.69, 9.17) is 68.1 Å². The molecule has 13 aromatic rings. The molecule has 0 spiro atoms. The molecule has 660 valence electrons. The summed E-state index contributed by atoms with van der Waals surface area (Å²) in [5.41, 5.74) is 34.5. The van der Waals surface area contributed by atoms with E-state index in [1.54, 1.807) is 116 Å². The van der Waals surface area contributed by atoms with Gasteiger partial charge in [0.1, 0.15) is 27.9 Å². The first-order valence-corrected chi connectivity index (χ1v) is 44.3. The highest BCUT2D eigenvalue weighted by Crippen LogP contribution is 2.51. The number of nitrogens with one attached hydrogen (secondary N) is 1. The van der Waals surface area contributed by atoms with Gasteiger partial charge in [-0.1, -0.05) is 97.1 Å². The Labute approximate surface area is 769 Å². The quantitative estimate of drug-likeness (QED) is 0.0469. The van der Waals surface area contributed by atoms with Crippen molar-refractivity contribution in [2.45, 2.75) is 114 Å². The van der Waals surface area contributed by atoms with Crippen LogP contribution in [0.4, 0.5) is 0 Å². The van der Waals surface area contributed by atoms with Gasteiger partial charge in [0.25, 0.3) is 11.8 Å². The second kappa shape index (κ2) is 38.0. The lowest BCUT2D eigenvalue weighted by Crippen LogP contribution is -2.52. The fourth-order valence-electron chi connectivity index (χ4n) is 16.0. The van der Waals surface area contributed by atoms with Gasteiger partial charge in [-0.25, -0.2) is 39.9 Å². The normalized spacial score (nSPS) is 20.0. The number of likely N-dealkylation sites (N-methyl/N-ethyl adjacent to an activating group) is 4. The van der Waals surface area contributed by atoms with Crippen molar-refractivity contribution in [3.05, 3.63) is 300 Å². The first kappa shape index (κ1) is 91.5. The second-order valence-corrected chi connectivity index (χ2v) is 35.6. The van der Waals surface area contributed by atoms with Crippen molar-refractivity contribution < 1.29 is 42.6 Å². The van der Waals surface area contributed by atoms with E-state index in [9.17, 15) is 34.5 Å². The lowest BCUT2D eigenvalue weighted by atomic mass is 9.77. The van der Waals surface area contributed by atoms with Crippen LogP contribution in [-0.2, 0) is 47.9 Å². The van der Waals surface area contributed by atoms with Crippen LogP contribution in [0.3, 0.4) is 0 Å².